The standard InChI is InChI=1S/C46H28N2S2/c1-2-12-31(13-3-1)48-40-23-20-33(28-39(40)45-41(48)24-22-37-35-14-6-9-17-43(35)50-46(37)45)47(32-19-18-29-10-4-5-11-30(29)26-32)34-21-25-44-38(27-34)36-15-7-8-16-42(36)49-44/h1-28H. The Kier molecular flexibility index (Phi) is 6.03. The predicted octanol–water partition coefficient (Wildman–Crippen LogP) is 14.1. The average molecular weight is 673 g/mol. The maximum Gasteiger partial charge on any atom is 0.0555 e. The summed E-state index contributed by atoms with van der Waals surface area (Å²) in [6, 6.07) is 62.5. The van der Waals surface area contributed by atoms with E-state index in [1.807, 2.05) is 22.7 Å². The number of thiophene rings is 2. The molecule has 0 spiro atoms. The zero-order chi connectivity index (χ0) is 32.8. The third-order valence-electron chi connectivity index (χ3n) is 10.1. The zero-order valence-corrected chi connectivity index (χ0v) is 28.5. The molecule has 0 atom stereocenters. The molecule has 0 aliphatic heterocycles. The van der Waals surface area contributed by atoms with Gasteiger partial charge < -0.3 is 9.47 Å². The number of aromatic nitrogens is 1. The number of rotatable bonds is 4. The van der Waals surface area contributed by atoms with Crippen molar-refractivity contribution in [3.05, 3.63) is 170 Å². The molecule has 11 aromatic rings. The fraction of sp³-hybridized carbons (Fsp3) is 0. The summed E-state index contributed by atoms with van der Waals surface area (Å²) in [7, 11) is 0. The maximum absolute atomic E-state index is 2.44. The fourth-order valence-electron chi connectivity index (χ4n) is 7.88. The quantitative estimate of drug-likeness (QED) is 0.181. The Labute approximate surface area is 296 Å². The molecule has 0 saturated carbocycles. The molecule has 0 fully saturated rings. The van der Waals surface area contributed by atoms with Crippen LogP contribution in [-0.4, -0.2) is 4.57 Å². The smallest absolute Gasteiger partial charge is 0.0555 e. The van der Waals surface area contributed by atoms with Crippen molar-refractivity contribution in [1.82, 2.24) is 4.57 Å². The number of benzene rings is 8. The van der Waals surface area contributed by atoms with E-state index in [2.05, 4.69) is 179 Å². The molecule has 2 nitrogen and oxygen atoms in total. The van der Waals surface area contributed by atoms with E-state index in [1.54, 1.807) is 0 Å². The van der Waals surface area contributed by atoms with E-state index in [1.165, 1.54) is 78.6 Å². The maximum atomic E-state index is 2.44. The van der Waals surface area contributed by atoms with Gasteiger partial charge >= 0.3 is 0 Å². The third-order valence-corrected chi connectivity index (χ3v) is 12.5. The van der Waals surface area contributed by atoms with E-state index in [0.29, 0.717) is 0 Å². The highest BCUT2D eigenvalue weighted by Gasteiger charge is 2.21. The molecule has 0 saturated heterocycles. The van der Waals surface area contributed by atoms with Crippen LogP contribution in [0.3, 0.4) is 0 Å². The van der Waals surface area contributed by atoms with Gasteiger partial charge in [-0.05, 0) is 89.6 Å². The second-order valence-electron chi connectivity index (χ2n) is 13.0. The van der Waals surface area contributed by atoms with Crippen LogP contribution in [0.4, 0.5) is 17.1 Å². The summed E-state index contributed by atoms with van der Waals surface area (Å²) in [6.07, 6.45) is 0. The number of hydrogen-bond donors (Lipinski definition) is 0. The molecule has 11 rings (SSSR count). The molecule has 0 bridgehead atoms. The third kappa shape index (κ3) is 4.13. The van der Waals surface area contributed by atoms with Crippen molar-refractivity contribution in [1.29, 1.82) is 0 Å². The number of nitrogens with zero attached hydrogens (tertiary/aromatic N) is 2. The molecule has 50 heavy (non-hydrogen) atoms. The summed E-state index contributed by atoms with van der Waals surface area (Å²) in [4.78, 5) is 2.44. The van der Waals surface area contributed by atoms with Gasteiger partial charge in [0.05, 0.1) is 11.0 Å². The lowest BCUT2D eigenvalue weighted by molar-refractivity contribution is 1.18. The fourth-order valence-corrected chi connectivity index (χ4v) is 10.2. The molecule has 0 aliphatic carbocycles. The molecule has 8 aromatic carbocycles. The van der Waals surface area contributed by atoms with Gasteiger partial charge in [0.1, 0.15) is 0 Å². The minimum atomic E-state index is 1.14. The van der Waals surface area contributed by atoms with Crippen LogP contribution in [0.5, 0.6) is 0 Å². The van der Waals surface area contributed by atoms with Gasteiger partial charge in [-0.2, -0.15) is 0 Å². The first kappa shape index (κ1) is 28.0. The van der Waals surface area contributed by atoms with Crippen LogP contribution < -0.4 is 4.90 Å². The van der Waals surface area contributed by atoms with Gasteiger partial charge in [-0.3, -0.25) is 0 Å². The van der Waals surface area contributed by atoms with Crippen molar-refractivity contribution < 1.29 is 0 Å². The summed E-state index contributed by atoms with van der Waals surface area (Å²) in [5, 5.41) is 10.3. The van der Waals surface area contributed by atoms with Crippen molar-refractivity contribution >= 4 is 113 Å². The van der Waals surface area contributed by atoms with Crippen molar-refractivity contribution in [3.63, 3.8) is 0 Å². The molecular weight excluding hydrogens is 645 g/mol. The van der Waals surface area contributed by atoms with E-state index in [9.17, 15) is 0 Å². The van der Waals surface area contributed by atoms with Gasteiger partial charge in [-0.15, -0.1) is 22.7 Å². The van der Waals surface area contributed by atoms with Gasteiger partial charge in [-0.25, -0.2) is 0 Å². The van der Waals surface area contributed by atoms with Crippen molar-refractivity contribution in [3.8, 4) is 5.69 Å². The van der Waals surface area contributed by atoms with Crippen LogP contribution in [0.2, 0.25) is 0 Å². The first-order chi connectivity index (χ1) is 24.8. The molecule has 0 unspecified atom stereocenters. The van der Waals surface area contributed by atoms with Crippen LogP contribution in [0.1, 0.15) is 0 Å². The minimum absolute atomic E-state index is 1.14. The minimum Gasteiger partial charge on any atom is -0.310 e. The van der Waals surface area contributed by atoms with E-state index in [-0.39, 0.29) is 0 Å². The van der Waals surface area contributed by atoms with E-state index in [4.69, 9.17) is 0 Å². The second kappa shape index (κ2) is 10.8. The van der Waals surface area contributed by atoms with Gasteiger partial charge in [0.2, 0.25) is 0 Å². The molecule has 234 valence electrons. The van der Waals surface area contributed by atoms with Crippen LogP contribution >= 0.6 is 22.7 Å². The lowest BCUT2D eigenvalue weighted by Crippen LogP contribution is -2.10. The molecular formula is C46H28N2S2. The Hall–Kier alpha value is -5.94. The van der Waals surface area contributed by atoms with Gasteiger partial charge in [0.25, 0.3) is 0 Å². The molecule has 3 heterocycles. The summed E-state index contributed by atoms with van der Waals surface area (Å²) in [5.74, 6) is 0. The van der Waals surface area contributed by atoms with E-state index >= 15 is 0 Å². The molecule has 0 amide bonds. The Morgan fingerprint density at radius 3 is 1.82 bits per heavy atom. The lowest BCUT2D eigenvalue weighted by atomic mass is 10.1. The SMILES string of the molecule is c1ccc(-n2c3ccc(N(c4ccc5ccccc5c4)c4ccc5sc6ccccc6c5c4)cc3c3c4sc5ccccc5c4ccc32)cc1. The Bertz CT molecular complexity index is 3110. The van der Waals surface area contributed by atoms with Gasteiger partial charge in [0, 0.05) is 73.9 Å². The first-order valence-corrected chi connectivity index (χ1v) is 18.6. The highest BCUT2D eigenvalue weighted by Crippen LogP contribution is 2.46. The Balaban J connectivity index is 1.23. The van der Waals surface area contributed by atoms with Crippen LogP contribution in [0, 0.1) is 0 Å². The number of fused-ring (bicyclic) bond motifs is 11. The van der Waals surface area contributed by atoms with E-state index in [0.717, 1.165) is 17.1 Å². The largest absolute Gasteiger partial charge is 0.310 e. The predicted molar refractivity (Wildman–Crippen MR) is 219 cm³/mol. The van der Waals surface area contributed by atoms with Crippen LogP contribution in [-0.2, 0) is 0 Å². The van der Waals surface area contributed by atoms with Gasteiger partial charge in [0.15, 0.2) is 0 Å². The van der Waals surface area contributed by atoms with Crippen LogP contribution in [0.15, 0.2) is 170 Å². The summed E-state index contributed by atoms with van der Waals surface area (Å²) >= 11 is 3.76. The number of para-hydroxylation sites is 1. The summed E-state index contributed by atoms with van der Waals surface area (Å²) in [5.41, 5.74) is 7.03. The summed E-state index contributed by atoms with van der Waals surface area (Å²) < 4.78 is 7.72. The number of anilines is 3. The first-order valence-electron chi connectivity index (χ1n) is 16.9. The molecule has 0 aliphatic rings. The van der Waals surface area contributed by atoms with E-state index < -0.39 is 0 Å². The Morgan fingerprint density at radius 2 is 0.980 bits per heavy atom. The van der Waals surface area contributed by atoms with Crippen molar-refractivity contribution in [2.45, 2.75) is 0 Å². The molecule has 0 N–H and O–H groups in total. The van der Waals surface area contributed by atoms with Crippen molar-refractivity contribution in [2.24, 2.45) is 0 Å². The summed E-state index contributed by atoms with van der Waals surface area (Å²) in [6.45, 7) is 0. The number of hydrogen-bond acceptors (Lipinski definition) is 3. The Morgan fingerprint density at radius 1 is 0.380 bits per heavy atom. The molecule has 3 aromatic heterocycles. The topological polar surface area (TPSA) is 8.17 Å². The molecule has 4 heteroatoms. The highest BCUT2D eigenvalue weighted by molar-refractivity contribution is 7.27. The monoisotopic (exact) mass is 672 g/mol. The van der Waals surface area contributed by atoms with Gasteiger partial charge in [-0.1, -0.05) is 91.0 Å². The highest BCUT2D eigenvalue weighted by atomic mass is 32.1. The van der Waals surface area contributed by atoms with Crippen LogP contribution in [0.25, 0.3) is 78.6 Å². The average Bonchev–Trinajstić information content (AvgIpc) is 3.84. The normalized spacial score (nSPS) is 12.0. The zero-order valence-electron chi connectivity index (χ0n) is 26.9. The molecule has 0 radical (unpaired) electrons. The second-order valence-corrected chi connectivity index (χ2v) is 15.1. The lowest BCUT2D eigenvalue weighted by Gasteiger charge is -2.26. The van der Waals surface area contributed by atoms with Crippen molar-refractivity contribution in [2.75, 3.05) is 4.90 Å².